The second-order valence-corrected chi connectivity index (χ2v) is 4.00. The molecule has 1 rings (SSSR count). The number of alkyl halides is 1. The summed E-state index contributed by atoms with van der Waals surface area (Å²) >= 11 is 2.39. The van der Waals surface area contributed by atoms with E-state index < -0.39 is 0 Å². The van der Waals surface area contributed by atoms with E-state index in [0.29, 0.717) is 3.92 Å². The minimum absolute atomic E-state index is 0.501. The van der Waals surface area contributed by atoms with Gasteiger partial charge in [-0.3, -0.25) is 0 Å². The molecule has 1 atom stereocenters. The van der Waals surface area contributed by atoms with Gasteiger partial charge in [0.2, 0.25) is 0 Å². The third kappa shape index (κ3) is 1.51. The fraction of sp³-hybridized carbons (Fsp3) is 0.333. The van der Waals surface area contributed by atoms with Gasteiger partial charge in [-0.1, -0.05) is 46.9 Å². The van der Waals surface area contributed by atoms with Crippen molar-refractivity contribution in [2.45, 2.75) is 17.8 Å². The van der Waals surface area contributed by atoms with Gasteiger partial charge in [-0.15, -0.1) is 0 Å². The van der Waals surface area contributed by atoms with Crippen LogP contribution in [-0.4, -0.2) is 3.92 Å². The van der Waals surface area contributed by atoms with Crippen molar-refractivity contribution in [1.82, 2.24) is 0 Å². The van der Waals surface area contributed by atoms with Gasteiger partial charge in [0, 0.05) is 0 Å². The Morgan fingerprint density at radius 1 is 1.40 bits per heavy atom. The Hall–Kier alpha value is -0.0500. The van der Waals surface area contributed by atoms with Gasteiger partial charge in [0.1, 0.15) is 0 Å². The zero-order valence-corrected chi connectivity index (χ0v) is 8.47. The summed E-state index contributed by atoms with van der Waals surface area (Å²) in [7, 11) is 0. The predicted molar refractivity (Wildman–Crippen MR) is 54.5 cm³/mol. The molecular formula is C9H11I. The summed E-state index contributed by atoms with van der Waals surface area (Å²) in [6.45, 7) is 8.22. The van der Waals surface area contributed by atoms with Crippen LogP contribution in [0.5, 0.6) is 0 Å². The molecule has 1 unspecified atom stereocenters. The molecular weight excluding hydrogens is 235 g/mol. The van der Waals surface area contributed by atoms with Crippen LogP contribution in [-0.2, 0) is 0 Å². The summed E-state index contributed by atoms with van der Waals surface area (Å²) in [5.74, 6) is 0. The molecule has 0 aromatic heterocycles. The van der Waals surface area contributed by atoms with Gasteiger partial charge in [-0.2, -0.15) is 0 Å². The first-order valence-corrected chi connectivity index (χ1v) is 4.56. The lowest BCUT2D eigenvalue weighted by Crippen LogP contribution is -2.02. The molecule has 0 bridgehead atoms. The van der Waals surface area contributed by atoms with E-state index in [2.05, 4.69) is 55.2 Å². The third-order valence-corrected chi connectivity index (χ3v) is 2.93. The van der Waals surface area contributed by atoms with E-state index in [1.165, 1.54) is 16.7 Å². The van der Waals surface area contributed by atoms with Crippen molar-refractivity contribution in [2.75, 3.05) is 0 Å². The quantitative estimate of drug-likeness (QED) is 0.454. The Labute approximate surface area is 75.8 Å². The number of halogens is 1. The molecule has 0 amide bonds. The molecule has 0 fully saturated rings. The largest absolute Gasteiger partial charge is 0.0944 e. The zero-order chi connectivity index (χ0) is 7.72. The van der Waals surface area contributed by atoms with Crippen LogP contribution in [0.2, 0.25) is 0 Å². The van der Waals surface area contributed by atoms with Gasteiger partial charge in [-0.25, -0.2) is 0 Å². The maximum Gasteiger partial charge on any atom is 0.0539 e. The average Bonchev–Trinajstić information content (AvgIpc) is 1.84. The second-order valence-electron chi connectivity index (χ2n) is 2.65. The van der Waals surface area contributed by atoms with Crippen LogP contribution in [0.1, 0.15) is 13.8 Å². The van der Waals surface area contributed by atoms with E-state index in [1.54, 1.807) is 0 Å². The Balaban J connectivity index is 2.94. The molecule has 54 valence electrons. The SMILES string of the molecule is C=C1C=C(C)C(C)=CC1I. The highest BCUT2D eigenvalue weighted by Crippen LogP contribution is 2.25. The summed E-state index contributed by atoms with van der Waals surface area (Å²) in [5.41, 5.74) is 3.94. The van der Waals surface area contributed by atoms with E-state index >= 15 is 0 Å². The van der Waals surface area contributed by atoms with Crippen LogP contribution in [0, 0.1) is 0 Å². The standard InChI is InChI=1S/C9H11I/c1-6-4-8(3)9(10)5-7(6)2/h4-5,9H,3H2,1-2H3. The highest BCUT2D eigenvalue weighted by molar-refractivity contribution is 14.1. The number of allylic oxidation sites excluding steroid dienone is 5. The minimum Gasteiger partial charge on any atom is -0.0944 e. The van der Waals surface area contributed by atoms with Crippen molar-refractivity contribution >= 4 is 22.6 Å². The van der Waals surface area contributed by atoms with Crippen molar-refractivity contribution in [3.8, 4) is 0 Å². The molecule has 0 aliphatic heterocycles. The lowest BCUT2D eigenvalue weighted by Gasteiger charge is -2.14. The summed E-state index contributed by atoms with van der Waals surface area (Å²) in [6.07, 6.45) is 4.41. The van der Waals surface area contributed by atoms with Crippen molar-refractivity contribution in [3.63, 3.8) is 0 Å². The van der Waals surface area contributed by atoms with Gasteiger partial charge < -0.3 is 0 Å². The number of hydrogen-bond donors (Lipinski definition) is 0. The third-order valence-electron chi connectivity index (χ3n) is 1.77. The molecule has 1 aliphatic carbocycles. The molecule has 0 nitrogen and oxygen atoms in total. The molecule has 10 heavy (non-hydrogen) atoms. The number of rotatable bonds is 0. The average molecular weight is 246 g/mol. The summed E-state index contributed by atoms with van der Waals surface area (Å²) in [6, 6.07) is 0. The minimum atomic E-state index is 0.501. The molecule has 0 aromatic rings. The lowest BCUT2D eigenvalue weighted by molar-refractivity contribution is 1.21. The van der Waals surface area contributed by atoms with Crippen molar-refractivity contribution < 1.29 is 0 Å². The van der Waals surface area contributed by atoms with Crippen molar-refractivity contribution in [3.05, 3.63) is 35.5 Å². The molecule has 0 aromatic carbocycles. The van der Waals surface area contributed by atoms with Crippen LogP contribution in [0.4, 0.5) is 0 Å². The van der Waals surface area contributed by atoms with Gasteiger partial charge in [0.15, 0.2) is 0 Å². The Morgan fingerprint density at radius 2 is 2.00 bits per heavy atom. The normalized spacial score (nSPS) is 25.9. The van der Waals surface area contributed by atoms with Crippen LogP contribution >= 0.6 is 22.6 Å². The van der Waals surface area contributed by atoms with Gasteiger partial charge in [0.05, 0.1) is 3.92 Å². The first-order valence-electron chi connectivity index (χ1n) is 3.31. The molecule has 0 heterocycles. The summed E-state index contributed by atoms with van der Waals surface area (Å²) in [4.78, 5) is 0. The van der Waals surface area contributed by atoms with Crippen molar-refractivity contribution in [2.24, 2.45) is 0 Å². The molecule has 1 heteroatoms. The lowest BCUT2D eigenvalue weighted by atomic mass is 9.98. The summed E-state index contributed by atoms with van der Waals surface area (Å²) in [5, 5.41) is 0. The van der Waals surface area contributed by atoms with Gasteiger partial charge >= 0.3 is 0 Å². The van der Waals surface area contributed by atoms with E-state index in [9.17, 15) is 0 Å². The maximum absolute atomic E-state index is 3.95. The van der Waals surface area contributed by atoms with Crippen LogP contribution in [0.25, 0.3) is 0 Å². The molecule has 0 spiro atoms. The van der Waals surface area contributed by atoms with E-state index in [4.69, 9.17) is 0 Å². The molecule has 0 N–H and O–H groups in total. The fourth-order valence-electron chi connectivity index (χ4n) is 0.930. The highest BCUT2D eigenvalue weighted by atomic mass is 127. The van der Waals surface area contributed by atoms with Crippen LogP contribution in [0.15, 0.2) is 35.5 Å². The molecule has 0 radical (unpaired) electrons. The topological polar surface area (TPSA) is 0 Å². The maximum atomic E-state index is 3.95. The molecule has 0 saturated heterocycles. The van der Waals surface area contributed by atoms with E-state index in [-0.39, 0.29) is 0 Å². The first kappa shape index (κ1) is 8.05. The fourth-order valence-corrected chi connectivity index (χ4v) is 1.65. The molecule has 0 saturated carbocycles. The first-order chi connectivity index (χ1) is 4.61. The second kappa shape index (κ2) is 2.91. The van der Waals surface area contributed by atoms with Gasteiger partial charge in [-0.05, 0) is 25.0 Å². The van der Waals surface area contributed by atoms with Crippen LogP contribution in [0.3, 0.4) is 0 Å². The van der Waals surface area contributed by atoms with Crippen LogP contribution < -0.4 is 0 Å². The zero-order valence-electron chi connectivity index (χ0n) is 6.32. The number of hydrogen-bond acceptors (Lipinski definition) is 0. The summed E-state index contributed by atoms with van der Waals surface area (Å²) < 4.78 is 0.501. The van der Waals surface area contributed by atoms with Crippen molar-refractivity contribution in [1.29, 1.82) is 0 Å². The predicted octanol–water partition coefficient (Wildman–Crippen LogP) is 3.25. The Morgan fingerprint density at radius 3 is 2.50 bits per heavy atom. The highest BCUT2D eigenvalue weighted by Gasteiger charge is 2.09. The monoisotopic (exact) mass is 246 g/mol. The molecule has 1 aliphatic rings. The Kier molecular flexibility index (Phi) is 2.34. The van der Waals surface area contributed by atoms with Gasteiger partial charge in [0.25, 0.3) is 0 Å². The van der Waals surface area contributed by atoms with E-state index in [0.717, 1.165) is 0 Å². The Bertz CT molecular complexity index is 221. The smallest absolute Gasteiger partial charge is 0.0539 e. The van der Waals surface area contributed by atoms with E-state index in [1.807, 2.05) is 0 Å².